The van der Waals surface area contributed by atoms with E-state index in [0.29, 0.717) is 12.8 Å². The number of hydrogen-bond donors (Lipinski definition) is 1. The molecule has 2 aromatic rings. The van der Waals surface area contributed by atoms with Crippen LogP contribution in [0.25, 0.3) is 0 Å². The fraction of sp³-hybridized carbons (Fsp3) is 0.462. The van der Waals surface area contributed by atoms with Crippen LogP contribution < -0.4 is 15.0 Å². The molecule has 2 aliphatic rings. The number of hydrogen-bond acceptors (Lipinski definition) is 4. The predicted molar refractivity (Wildman–Crippen MR) is 123 cm³/mol. The van der Waals surface area contributed by atoms with Crippen LogP contribution in [0, 0.1) is 0 Å². The molecule has 0 saturated carbocycles. The summed E-state index contributed by atoms with van der Waals surface area (Å²) in [5.41, 5.74) is 5.59. The SMILES string of the molecule is COc1ccc(CCNCCCCCC(=O)c2cc3c4c(c2)CCN4C(=O)CC3)cc1. The van der Waals surface area contributed by atoms with Gasteiger partial charge in [-0.25, -0.2) is 0 Å². The van der Waals surface area contributed by atoms with E-state index in [9.17, 15) is 9.59 Å². The van der Waals surface area contributed by atoms with Crippen molar-refractivity contribution in [1.82, 2.24) is 5.32 Å². The quantitative estimate of drug-likeness (QED) is 0.439. The van der Waals surface area contributed by atoms with Crippen LogP contribution in [0.3, 0.4) is 0 Å². The molecule has 0 spiro atoms. The highest BCUT2D eigenvalue weighted by Gasteiger charge is 2.31. The van der Waals surface area contributed by atoms with Gasteiger partial charge in [0, 0.05) is 24.9 Å². The number of carbonyl (C=O) groups excluding carboxylic acids is 2. The number of methoxy groups -OCH3 is 1. The number of nitrogens with zero attached hydrogens (tertiary/aromatic N) is 1. The van der Waals surface area contributed by atoms with Gasteiger partial charge in [0.1, 0.15) is 5.75 Å². The van der Waals surface area contributed by atoms with Gasteiger partial charge in [0.15, 0.2) is 5.78 Å². The molecule has 5 heteroatoms. The smallest absolute Gasteiger partial charge is 0.227 e. The maximum Gasteiger partial charge on any atom is 0.227 e. The van der Waals surface area contributed by atoms with Crippen molar-refractivity contribution in [3.63, 3.8) is 0 Å². The van der Waals surface area contributed by atoms with Gasteiger partial charge >= 0.3 is 0 Å². The number of ether oxygens (including phenoxy) is 1. The molecule has 164 valence electrons. The summed E-state index contributed by atoms with van der Waals surface area (Å²) >= 11 is 0. The summed E-state index contributed by atoms with van der Waals surface area (Å²) < 4.78 is 5.18. The molecule has 0 bridgehead atoms. The monoisotopic (exact) mass is 420 g/mol. The molecule has 0 saturated heterocycles. The summed E-state index contributed by atoms with van der Waals surface area (Å²) in [6.07, 6.45) is 6.88. The minimum absolute atomic E-state index is 0.225. The number of rotatable bonds is 11. The van der Waals surface area contributed by atoms with Crippen molar-refractivity contribution >= 4 is 17.4 Å². The van der Waals surface area contributed by atoms with E-state index in [1.54, 1.807) is 7.11 Å². The molecule has 0 aliphatic carbocycles. The Kier molecular flexibility index (Phi) is 7.03. The fourth-order valence-electron chi connectivity index (χ4n) is 4.63. The second kappa shape index (κ2) is 10.1. The normalized spacial score (nSPS) is 14.6. The molecule has 2 heterocycles. The number of unbranched alkanes of at least 4 members (excludes halogenated alkanes) is 2. The van der Waals surface area contributed by atoms with Crippen LogP contribution in [0.2, 0.25) is 0 Å². The van der Waals surface area contributed by atoms with E-state index in [-0.39, 0.29) is 11.7 Å². The van der Waals surface area contributed by atoms with Crippen molar-refractivity contribution < 1.29 is 14.3 Å². The van der Waals surface area contributed by atoms with Gasteiger partial charge in [0.2, 0.25) is 5.91 Å². The van der Waals surface area contributed by atoms with Gasteiger partial charge in [-0.3, -0.25) is 9.59 Å². The molecule has 2 aromatic carbocycles. The van der Waals surface area contributed by atoms with E-state index in [2.05, 4.69) is 17.4 Å². The van der Waals surface area contributed by atoms with Crippen LogP contribution >= 0.6 is 0 Å². The molecular formula is C26H32N2O3. The molecule has 0 aromatic heterocycles. The predicted octanol–water partition coefficient (Wildman–Crippen LogP) is 4.11. The standard InChI is InChI=1S/C26H32N2O3/c1-31-23-9-6-19(7-10-23)12-15-27-14-4-2-3-5-24(29)22-17-20-8-11-25(30)28-16-13-21(18-22)26(20)28/h6-7,9-10,17-18,27H,2-5,8,11-16H2,1H3. The first-order valence-electron chi connectivity index (χ1n) is 11.5. The second-order valence-electron chi connectivity index (χ2n) is 8.52. The third-order valence-corrected chi connectivity index (χ3v) is 6.38. The highest BCUT2D eigenvalue weighted by atomic mass is 16.5. The number of benzene rings is 2. The Morgan fingerprint density at radius 1 is 1.00 bits per heavy atom. The fourth-order valence-corrected chi connectivity index (χ4v) is 4.63. The van der Waals surface area contributed by atoms with Crippen LogP contribution in [0.15, 0.2) is 36.4 Å². The van der Waals surface area contributed by atoms with E-state index in [4.69, 9.17) is 4.74 Å². The molecule has 1 N–H and O–H groups in total. The van der Waals surface area contributed by atoms with Crippen LogP contribution in [0.4, 0.5) is 5.69 Å². The van der Waals surface area contributed by atoms with Gasteiger partial charge in [-0.05, 0) is 86.1 Å². The van der Waals surface area contributed by atoms with Crippen LogP contribution in [-0.2, 0) is 24.1 Å². The van der Waals surface area contributed by atoms with Crippen molar-refractivity contribution in [3.05, 3.63) is 58.7 Å². The van der Waals surface area contributed by atoms with Gasteiger partial charge in [0.05, 0.1) is 12.8 Å². The van der Waals surface area contributed by atoms with Gasteiger partial charge in [0.25, 0.3) is 0 Å². The lowest BCUT2D eigenvalue weighted by atomic mass is 9.94. The molecule has 0 atom stereocenters. The average Bonchev–Trinajstić information content (AvgIpc) is 3.23. The summed E-state index contributed by atoms with van der Waals surface area (Å²) in [5.74, 6) is 1.35. The number of Topliss-reactive ketones (excluding diaryl/α,β-unsaturated/α-hetero) is 1. The topological polar surface area (TPSA) is 58.6 Å². The van der Waals surface area contributed by atoms with Gasteiger partial charge in [-0.1, -0.05) is 18.6 Å². The lowest BCUT2D eigenvalue weighted by Gasteiger charge is -2.25. The largest absolute Gasteiger partial charge is 0.497 e. The van der Waals surface area contributed by atoms with Crippen molar-refractivity contribution in [2.45, 2.75) is 51.4 Å². The van der Waals surface area contributed by atoms with Gasteiger partial charge in [-0.2, -0.15) is 0 Å². The highest BCUT2D eigenvalue weighted by Crippen LogP contribution is 2.37. The van der Waals surface area contributed by atoms with Crippen molar-refractivity contribution in [2.75, 3.05) is 31.6 Å². The number of aryl methyl sites for hydroxylation is 1. The first kappa shape index (κ1) is 21.6. The summed E-state index contributed by atoms with van der Waals surface area (Å²) in [7, 11) is 1.68. The van der Waals surface area contributed by atoms with Gasteiger partial charge in [-0.15, -0.1) is 0 Å². The first-order valence-corrected chi connectivity index (χ1v) is 11.5. The van der Waals surface area contributed by atoms with E-state index in [1.165, 1.54) is 16.7 Å². The Labute approximate surface area is 184 Å². The number of nitrogens with one attached hydrogen (secondary N) is 1. The number of carbonyl (C=O) groups is 2. The molecule has 1 amide bonds. The van der Waals surface area contributed by atoms with Crippen LogP contribution in [0.1, 0.15) is 59.2 Å². The maximum atomic E-state index is 12.7. The molecule has 0 fully saturated rings. The first-order chi connectivity index (χ1) is 15.2. The van der Waals surface area contributed by atoms with E-state index >= 15 is 0 Å². The lowest BCUT2D eigenvalue weighted by Crippen LogP contribution is -2.32. The summed E-state index contributed by atoms with van der Waals surface area (Å²) in [6.45, 7) is 2.71. The van der Waals surface area contributed by atoms with Crippen molar-refractivity contribution in [3.8, 4) is 5.75 Å². The van der Waals surface area contributed by atoms with E-state index in [0.717, 1.165) is 75.2 Å². The maximum absolute atomic E-state index is 12.7. The van der Waals surface area contributed by atoms with Crippen molar-refractivity contribution in [2.24, 2.45) is 0 Å². The van der Waals surface area contributed by atoms with E-state index < -0.39 is 0 Å². The zero-order valence-corrected chi connectivity index (χ0v) is 18.4. The zero-order chi connectivity index (χ0) is 21.6. The molecule has 5 nitrogen and oxygen atoms in total. The summed E-state index contributed by atoms with van der Waals surface area (Å²) in [5, 5.41) is 3.49. The Hall–Kier alpha value is -2.66. The van der Waals surface area contributed by atoms with E-state index in [1.807, 2.05) is 29.2 Å². The Morgan fingerprint density at radius 3 is 2.55 bits per heavy atom. The minimum Gasteiger partial charge on any atom is -0.497 e. The molecule has 2 aliphatic heterocycles. The number of amides is 1. The molecule has 4 rings (SSSR count). The van der Waals surface area contributed by atoms with Gasteiger partial charge < -0.3 is 15.0 Å². The lowest BCUT2D eigenvalue weighted by molar-refractivity contribution is -0.118. The van der Waals surface area contributed by atoms with Crippen molar-refractivity contribution in [1.29, 1.82) is 0 Å². The zero-order valence-electron chi connectivity index (χ0n) is 18.4. The number of anilines is 1. The second-order valence-corrected chi connectivity index (χ2v) is 8.52. The molecule has 0 radical (unpaired) electrons. The average molecular weight is 421 g/mol. The Bertz CT molecular complexity index is 936. The summed E-state index contributed by atoms with van der Waals surface area (Å²) in [4.78, 5) is 26.7. The summed E-state index contributed by atoms with van der Waals surface area (Å²) in [6, 6.07) is 12.3. The minimum atomic E-state index is 0.225. The Morgan fingerprint density at radius 2 is 1.77 bits per heavy atom. The molecule has 0 unspecified atom stereocenters. The Balaban J connectivity index is 1.14. The molecule has 31 heavy (non-hydrogen) atoms. The van der Waals surface area contributed by atoms with Crippen LogP contribution in [0.5, 0.6) is 5.75 Å². The third kappa shape index (κ3) is 5.16. The van der Waals surface area contributed by atoms with Crippen LogP contribution in [-0.4, -0.2) is 38.4 Å². The number of ketones is 1. The molecular weight excluding hydrogens is 388 g/mol. The highest BCUT2D eigenvalue weighted by molar-refractivity contribution is 6.02. The third-order valence-electron chi connectivity index (χ3n) is 6.38.